The summed E-state index contributed by atoms with van der Waals surface area (Å²) in [5.74, 6) is 0.555. The van der Waals surface area contributed by atoms with Crippen LogP contribution in [-0.4, -0.2) is 28.2 Å². The number of rotatable bonds is 5. The fourth-order valence-electron chi connectivity index (χ4n) is 3.78. The lowest BCUT2D eigenvalue weighted by molar-refractivity contribution is 0.280. The van der Waals surface area contributed by atoms with E-state index in [0.717, 1.165) is 10.9 Å². The van der Waals surface area contributed by atoms with Gasteiger partial charge in [-0.25, -0.2) is 0 Å². The van der Waals surface area contributed by atoms with Crippen LogP contribution in [0.1, 0.15) is 13.8 Å². The first-order chi connectivity index (χ1) is 13.8. The highest BCUT2D eigenvalue weighted by molar-refractivity contribution is 6.25. The highest BCUT2D eigenvalue weighted by atomic mass is 16.5. The second-order valence-corrected chi connectivity index (χ2v) is 6.56. The van der Waals surface area contributed by atoms with Crippen LogP contribution in [0.3, 0.4) is 0 Å². The third kappa shape index (κ3) is 2.59. The molecule has 0 saturated carbocycles. The van der Waals surface area contributed by atoms with Crippen molar-refractivity contribution in [3.63, 3.8) is 0 Å². The van der Waals surface area contributed by atoms with Crippen LogP contribution in [0.15, 0.2) is 54.6 Å². The highest BCUT2D eigenvalue weighted by Gasteiger charge is 2.16. The first-order valence-corrected chi connectivity index (χ1v) is 9.47. The Labute approximate surface area is 162 Å². The zero-order valence-electron chi connectivity index (χ0n) is 15.8. The molecule has 1 heterocycles. The molecule has 0 aliphatic rings. The van der Waals surface area contributed by atoms with Gasteiger partial charge in [0.2, 0.25) is 0 Å². The van der Waals surface area contributed by atoms with E-state index in [9.17, 15) is 0 Å². The zero-order valence-corrected chi connectivity index (χ0v) is 15.8. The van der Waals surface area contributed by atoms with E-state index in [0.29, 0.717) is 19.0 Å². The normalized spacial score (nSPS) is 11.5. The summed E-state index contributed by atoms with van der Waals surface area (Å²) in [5.41, 5.74) is 0.940. The van der Waals surface area contributed by atoms with E-state index >= 15 is 0 Å². The molecule has 1 aromatic heterocycles. The summed E-state index contributed by atoms with van der Waals surface area (Å²) in [6.07, 6.45) is 0. The molecule has 138 valence electrons. The minimum absolute atomic E-state index is 0.279. The van der Waals surface area contributed by atoms with Crippen molar-refractivity contribution in [1.82, 2.24) is 15.0 Å². The monoisotopic (exact) mass is 369 g/mol. The van der Waals surface area contributed by atoms with E-state index in [4.69, 9.17) is 9.47 Å². The number of hydrogen-bond donors (Lipinski definition) is 0. The van der Waals surface area contributed by atoms with E-state index < -0.39 is 0 Å². The second-order valence-electron chi connectivity index (χ2n) is 6.56. The van der Waals surface area contributed by atoms with Crippen LogP contribution in [0.2, 0.25) is 0 Å². The van der Waals surface area contributed by atoms with E-state index in [1.165, 1.54) is 26.9 Å². The van der Waals surface area contributed by atoms with Gasteiger partial charge in [-0.15, -0.1) is 4.98 Å². The highest BCUT2D eigenvalue weighted by Crippen LogP contribution is 2.38. The van der Waals surface area contributed by atoms with Gasteiger partial charge in [0.1, 0.15) is 0 Å². The van der Waals surface area contributed by atoms with Gasteiger partial charge < -0.3 is 9.47 Å². The van der Waals surface area contributed by atoms with Gasteiger partial charge in [0.15, 0.2) is 5.82 Å². The summed E-state index contributed by atoms with van der Waals surface area (Å²) in [6.45, 7) is 4.76. The summed E-state index contributed by atoms with van der Waals surface area (Å²) in [5, 5.41) is 7.26. The van der Waals surface area contributed by atoms with Crippen molar-refractivity contribution in [3.8, 4) is 23.4 Å². The van der Waals surface area contributed by atoms with E-state index in [2.05, 4.69) is 69.5 Å². The first kappa shape index (κ1) is 16.7. The molecule has 0 spiro atoms. The molecule has 0 saturated heterocycles. The van der Waals surface area contributed by atoms with Crippen LogP contribution < -0.4 is 9.47 Å². The van der Waals surface area contributed by atoms with Gasteiger partial charge >= 0.3 is 12.0 Å². The maximum atomic E-state index is 5.54. The first-order valence-electron chi connectivity index (χ1n) is 9.47. The molecule has 0 aliphatic heterocycles. The van der Waals surface area contributed by atoms with Crippen molar-refractivity contribution in [1.29, 1.82) is 0 Å². The minimum atomic E-state index is 0.279. The SMILES string of the molecule is CCOc1nc(OCC)nc(-c2ccc3ccc4cccc5ccc2c3c45)n1. The number of aromatic nitrogens is 3. The average Bonchev–Trinajstić information content (AvgIpc) is 2.72. The summed E-state index contributed by atoms with van der Waals surface area (Å²) >= 11 is 0. The Bertz CT molecular complexity index is 1260. The molecule has 0 fully saturated rings. The molecule has 0 amide bonds. The summed E-state index contributed by atoms with van der Waals surface area (Å²) in [7, 11) is 0. The second kappa shape index (κ2) is 6.60. The molecule has 5 aromatic rings. The Kier molecular flexibility index (Phi) is 3.93. The number of ether oxygens (including phenoxy) is 2. The van der Waals surface area contributed by atoms with Gasteiger partial charge in [0.05, 0.1) is 13.2 Å². The molecule has 4 aromatic carbocycles. The predicted molar refractivity (Wildman–Crippen MR) is 111 cm³/mol. The van der Waals surface area contributed by atoms with Gasteiger partial charge in [-0.05, 0) is 52.2 Å². The van der Waals surface area contributed by atoms with Crippen molar-refractivity contribution in [3.05, 3.63) is 54.6 Å². The minimum Gasteiger partial charge on any atom is -0.464 e. The standard InChI is InChI=1S/C23H19N3O2/c1-3-27-22-24-21(25-23(26-22)28-4-2)18-13-11-16-9-8-14-6-5-7-15-10-12-17(18)20(16)19(14)15/h5-13H,3-4H2,1-2H3. The zero-order chi connectivity index (χ0) is 19.1. The van der Waals surface area contributed by atoms with Crippen molar-refractivity contribution in [2.45, 2.75) is 13.8 Å². The Balaban J connectivity index is 1.82. The van der Waals surface area contributed by atoms with Gasteiger partial charge in [-0.2, -0.15) is 9.97 Å². The maximum absolute atomic E-state index is 5.54. The largest absolute Gasteiger partial charge is 0.464 e. The average molecular weight is 369 g/mol. The van der Waals surface area contributed by atoms with Crippen molar-refractivity contribution in [2.24, 2.45) is 0 Å². The van der Waals surface area contributed by atoms with Gasteiger partial charge in [0, 0.05) is 5.56 Å². The maximum Gasteiger partial charge on any atom is 0.323 e. The van der Waals surface area contributed by atoms with Gasteiger partial charge in [-0.1, -0.05) is 48.5 Å². The molecule has 5 heteroatoms. The van der Waals surface area contributed by atoms with E-state index in [1.54, 1.807) is 0 Å². The summed E-state index contributed by atoms with van der Waals surface area (Å²) in [4.78, 5) is 13.3. The lowest BCUT2D eigenvalue weighted by Crippen LogP contribution is -2.05. The van der Waals surface area contributed by atoms with Gasteiger partial charge in [-0.3, -0.25) is 0 Å². The van der Waals surface area contributed by atoms with Gasteiger partial charge in [0.25, 0.3) is 0 Å². The lowest BCUT2D eigenvalue weighted by Gasteiger charge is -2.14. The van der Waals surface area contributed by atoms with Crippen LogP contribution in [-0.2, 0) is 0 Å². The molecule has 0 atom stereocenters. The van der Waals surface area contributed by atoms with Crippen LogP contribution in [0.4, 0.5) is 0 Å². The molecule has 5 rings (SSSR count). The molecule has 0 unspecified atom stereocenters. The molecule has 0 radical (unpaired) electrons. The number of hydrogen-bond acceptors (Lipinski definition) is 5. The van der Waals surface area contributed by atoms with Crippen LogP contribution in [0, 0.1) is 0 Å². The molecular formula is C23H19N3O2. The summed E-state index contributed by atoms with van der Waals surface area (Å²) < 4.78 is 11.1. The topological polar surface area (TPSA) is 57.1 Å². The lowest BCUT2D eigenvalue weighted by atomic mass is 9.92. The van der Waals surface area contributed by atoms with Crippen LogP contribution >= 0.6 is 0 Å². The Morgan fingerprint density at radius 1 is 0.643 bits per heavy atom. The van der Waals surface area contributed by atoms with Crippen LogP contribution in [0.25, 0.3) is 43.7 Å². The fraction of sp³-hybridized carbons (Fsp3) is 0.174. The summed E-state index contributed by atoms with van der Waals surface area (Å²) in [6, 6.07) is 19.8. The van der Waals surface area contributed by atoms with E-state index in [-0.39, 0.29) is 12.0 Å². The number of nitrogens with zero attached hydrogens (tertiary/aromatic N) is 3. The van der Waals surface area contributed by atoms with Crippen molar-refractivity contribution < 1.29 is 9.47 Å². The fourth-order valence-corrected chi connectivity index (χ4v) is 3.78. The number of benzene rings is 4. The third-order valence-corrected chi connectivity index (χ3v) is 4.91. The molecule has 0 bridgehead atoms. The predicted octanol–water partition coefficient (Wildman–Crippen LogP) is 5.23. The molecule has 28 heavy (non-hydrogen) atoms. The molecule has 0 aliphatic carbocycles. The smallest absolute Gasteiger partial charge is 0.323 e. The van der Waals surface area contributed by atoms with Crippen LogP contribution in [0.5, 0.6) is 12.0 Å². The Morgan fingerprint density at radius 2 is 1.21 bits per heavy atom. The Morgan fingerprint density at radius 3 is 1.86 bits per heavy atom. The quantitative estimate of drug-likeness (QED) is 0.397. The molecule has 5 nitrogen and oxygen atoms in total. The third-order valence-electron chi connectivity index (χ3n) is 4.91. The van der Waals surface area contributed by atoms with E-state index in [1.807, 2.05) is 13.8 Å². The molecule has 0 N–H and O–H groups in total. The van der Waals surface area contributed by atoms with Crippen molar-refractivity contribution >= 4 is 32.3 Å². The Hall–Kier alpha value is -3.47. The van der Waals surface area contributed by atoms with Crippen molar-refractivity contribution in [2.75, 3.05) is 13.2 Å². The molecular weight excluding hydrogens is 350 g/mol.